The van der Waals surface area contributed by atoms with Gasteiger partial charge in [0.25, 0.3) is 0 Å². The van der Waals surface area contributed by atoms with Crippen molar-refractivity contribution in [3.8, 4) is 0 Å². The Morgan fingerprint density at radius 2 is 1.94 bits per heavy atom. The number of likely N-dealkylation sites (N-methyl/N-ethyl adjacent to an activating group) is 1. The van der Waals surface area contributed by atoms with E-state index in [0.717, 1.165) is 19.0 Å². The lowest BCUT2D eigenvalue weighted by Gasteiger charge is -2.36. The van der Waals surface area contributed by atoms with E-state index in [1.54, 1.807) is 0 Å². The van der Waals surface area contributed by atoms with Gasteiger partial charge in [-0.05, 0) is 37.4 Å². The predicted molar refractivity (Wildman–Crippen MR) is 73.0 cm³/mol. The van der Waals surface area contributed by atoms with Crippen LogP contribution in [-0.4, -0.2) is 24.5 Å². The fraction of sp³-hybridized carbons (Fsp3) is 0.600. The molecule has 1 saturated carbocycles. The van der Waals surface area contributed by atoms with Gasteiger partial charge in [0.15, 0.2) is 0 Å². The van der Waals surface area contributed by atoms with Crippen LogP contribution >= 0.6 is 0 Å². The van der Waals surface area contributed by atoms with E-state index in [0.29, 0.717) is 0 Å². The van der Waals surface area contributed by atoms with Crippen LogP contribution in [0.4, 0.5) is 0 Å². The van der Waals surface area contributed by atoms with Crippen LogP contribution in [0.3, 0.4) is 0 Å². The molecule has 0 heterocycles. The molecule has 1 aromatic rings. The smallest absolute Gasteiger partial charge is 0.0424 e. The third-order valence-corrected chi connectivity index (χ3v) is 4.00. The Bertz CT molecular complexity index is 340. The Morgan fingerprint density at radius 3 is 2.41 bits per heavy atom. The van der Waals surface area contributed by atoms with Crippen LogP contribution in [-0.2, 0) is 6.42 Å². The van der Waals surface area contributed by atoms with Gasteiger partial charge in [0.05, 0.1) is 0 Å². The van der Waals surface area contributed by atoms with Crippen LogP contribution in [0.1, 0.15) is 43.4 Å². The number of hydrogen-bond donors (Lipinski definition) is 1. The van der Waals surface area contributed by atoms with E-state index in [4.69, 9.17) is 5.73 Å². The highest BCUT2D eigenvalue weighted by Gasteiger charge is 2.23. The van der Waals surface area contributed by atoms with Crippen molar-refractivity contribution in [2.24, 2.45) is 5.73 Å². The molecule has 1 atom stereocenters. The zero-order valence-corrected chi connectivity index (χ0v) is 11.0. The second-order valence-corrected chi connectivity index (χ2v) is 5.23. The normalized spacial score (nSPS) is 18.1. The first kappa shape index (κ1) is 12.6. The molecule has 0 bridgehead atoms. The van der Waals surface area contributed by atoms with Gasteiger partial charge in [-0.25, -0.2) is 0 Å². The molecule has 0 aromatic heterocycles. The Kier molecular flexibility index (Phi) is 4.19. The molecule has 2 nitrogen and oxygen atoms in total. The molecule has 2 N–H and O–H groups in total. The summed E-state index contributed by atoms with van der Waals surface area (Å²) in [5.41, 5.74) is 8.90. The van der Waals surface area contributed by atoms with Gasteiger partial charge >= 0.3 is 0 Å². The minimum atomic E-state index is 0.145. The molecule has 1 fully saturated rings. The molecule has 1 aromatic carbocycles. The topological polar surface area (TPSA) is 29.3 Å². The monoisotopic (exact) mass is 232 g/mol. The summed E-state index contributed by atoms with van der Waals surface area (Å²) in [6.45, 7) is 3.15. The number of benzene rings is 1. The van der Waals surface area contributed by atoms with Gasteiger partial charge in [-0.2, -0.15) is 0 Å². The molecule has 0 amide bonds. The van der Waals surface area contributed by atoms with E-state index in [9.17, 15) is 0 Å². The minimum Gasteiger partial charge on any atom is -0.323 e. The fourth-order valence-electron chi connectivity index (χ4n) is 2.39. The maximum atomic E-state index is 6.26. The van der Waals surface area contributed by atoms with E-state index >= 15 is 0 Å². The van der Waals surface area contributed by atoms with E-state index in [-0.39, 0.29) is 6.04 Å². The van der Waals surface area contributed by atoms with Crippen LogP contribution in [0.2, 0.25) is 0 Å². The Labute approximate surface area is 105 Å². The second-order valence-electron chi connectivity index (χ2n) is 5.23. The van der Waals surface area contributed by atoms with Gasteiger partial charge in [0.1, 0.15) is 0 Å². The summed E-state index contributed by atoms with van der Waals surface area (Å²) in [6, 6.07) is 9.66. The van der Waals surface area contributed by atoms with Crippen molar-refractivity contribution in [2.75, 3.05) is 13.6 Å². The summed E-state index contributed by atoms with van der Waals surface area (Å²) in [7, 11) is 2.20. The molecule has 94 valence electrons. The van der Waals surface area contributed by atoms with Crippen LogP contribution < -0.4 is 5.73 Å². The van der Waals surface area contributed by atoms with Crippen molar-refractivity contribution >= 4 is 0 Å². The highest BCUT2D eigenvalue weighted by Crippen LogP contribution is 2.25. The molecule has 0 aliphatic heterocycles. The zero-order chi connectivity index (χ0) is 12.3. The highest BCUT2D eigenvalue weighted by molar-refractivity contribution is 5.25. The molecular weight excluding hydrogens is 208 g/mol. The minimum absolute atomic E-state index is 0.145. The third kappa shape index (κ3) is 3.08. The van der Waals surface area contributed by atoms with E-state index < -0.39 is 0 Å². The molecule has 2 rings (SSSR count). The lowest BCUT2D eigenvalue weighted by atomic mass is 9.91. The summed E-state index contributed by atoms with van der Waals surface area (Å²) in [5.74, 6) is 0. The summed E-state index contributed by atoms with van der Waals surface area (Å²) in [5, 5.41) is 0. The van der Waals surface area contributed by atoms with E-state index in [1.165, 1.54) is 30.4 Å². The maximum Gasteiger partial charge on any atom is 0.0424 e. The molecule has 0 saturated heterocycles. The molecule has 0 radical (unpaired) electrons. The van der Waals surface area contributed by atoms with Crippen LogP contribution in [0.15, 0.2) is 24.3 Å². The van der Waals surface area contributed by atoms with Crippen molar-refractivity contribution in [3.05, 3.63) is 35.4 Å². The number of aryl methyl sites for hydroxylation is 1. The lowest BCUT2D eigenvalue weighted by molar-refractivity contribution is 0.152. The van der Waals surface area contributed by atoms with Gasteiger partial charge in [0, 0.05) is 18.6 Å². The molecular formula is C15H24N2. The Morgan fingerprint density at radius 1 is 1.29 bits per heavy atom. The van der Waals surface area contributed by atoms with Crippen molar-refractivity contribution in [2.45, 2.75) is 44.7 Å². The first-order valence-electron chi connectivity index (χ1n) is 6.75. The number of nitrogens with two attached hydrogens (primary N) is 1. The van der Waals surface area contributed by atoms with Crippen molar-refractivity contribution < 1.29 is 0 Å². The summed E-state index contributed by atoms with van der Waals surface area (Å²) >= 11 is 0. The van der Waals surface area contributed by atoms with E-state index in [1.807, 2.05) is 0 Å². The summed E-state index contributed by atoms with van der Waals surface area (Å²) in [4.78, 5) is 2.42. The molecule has 17 heavy (non-hydrogen) atoms. The van der Waals surface area contributed by atoms with Crippen LogP contribution in [0, 0.1) is 0 Å². The Balaban J connectivity index is 1.91. The molecule has 2 heteroatoms. The maximum absolute atomic E-state index is 6.26. The quantitative estimate of drug-likeness (QED) is 0.846. The molecule has 1 unspecified atom stereocenters. The van der Waals surface area contributed by atoms with Crippen molar-refractivity contribution in [1.29, 1.82) is 0 Å². The molecule has 1 aliphatic carbocycles. The average Bonchev–Trinajstić information content (AvgIpc) is 2.26. The highest BCUT2D eigenvalue weighted by atomic mass is 15.1. The lowest BCUT2D eigenvalue weighted by Crippen LogP contribution is -2.41. The van der Waals surface area contributed by atoms with Gasteiger partial charge in [-0.1, -0.05) is 37.6 Å². The fourth-order valence-corrected chi connectivity index (χ4v) is 2.39. The van der Waals surface area contributed by atoms with E-state index in [2.05, 4.69) is 43.1 Å². The zero-order valence-electron chi connectivity index (χ0n) is 11.0. The van der Waals surface area contributed by atoms with Crippen LogP contribution in [0.25, 0.3) is 0 Å². The first-order valence-corrected chi connectivity index (χ1v) is 6.75. The Hall–Kier alpha value is -0.860. The number of rotatable bonds is 5. The predicted octanol–water partition coefficient (Wildman–Crippen LogP) is 2.73. The standard InChI is InChI=1S/C15H24N2/c1-3-12-7-9-13(10-8-12)15(16)11-17(2)14-5-4-6-14/h7-10,14-15H,3-6,11,16H2,1-2H3. The summed E-state index contributed by atoms with van der Waals surface area (Å²) < 4.78 is 0. The van der Waals surface area contributed by atoms with Gasteiger partial charge in [-0.15, -0.1) is 0 Å². The first-order chi connectivity index (χ1) is 8.20. The number of hydrogen-bond acceptors (Lipinski definition) is 2. The molecule has 1 aliphatic rings. The largest absolute Gasteiger partial charge is 0.323 e. The van der Waals surface area contributed by atoms with Crippen molar-refractivity contribution in [3.63, 3.8) is 0 Å². The van der Waals surface area contributed by atoms with Gasteiger partial charge in [-0.3, -0.25) is 0 Å². The molecule has 0 spiro atoms. The third-order valence-electron chi connectivity index (χ3n) is 4.00. The summed E-state index contributed by atoms with van der Waals surface area (Å²) in [6.07, 6.45) is 5.17. The SMILES string of the molecule is CCc1ccc(C(N)CN(C)C2CCC2)cc1. The van der Waals surface area contributed by atoms with Crippen LogP contribution in [0.5, 0.6) is 0 Å². The van der Waals surface area contributed by atoms with Gasteiger partial charge in [0.2, 0.25) is 0 Å². The van der Waals surface area contributed by atoms with Crippen molar-refractivity contribution in [1.82, 2.24) is 4.90 Å². The average molecular weight is 232 g/mol. The second kappa shape index (κ2) is 5.65. The number of nitrogens with zero attached hydrogens (tertiary/aromatic N) is 1. The van der Waals surface area contributed by atoms with Gasteiger partial charge < -0.3 is 10.6 Å².